The summed E-state index contributed by atoms with van der Waals surface area (Å²) in [5.74, 6) is 0.957. The topological polar surface area (TPSA) is 9.23 Å². The average molecular weight is 362 g/mol. The zero-order valence-electron chi connectivity index (χ0n) is 9.92. The third-order valence-electron chi connectivity index (χ3n) is 3.57. The molecule has 1 nitrogen and oxygen atoms in total. The Kier molecular flexibility index (Phi) is 4.92. The standard InChI is InChI=1S/C14H18Br2O/c15-10-14(8-4-1-5-9-14)11-17-13-7-3-2-6-12(13)16/h2-3,6-7H,1,4-5,8-11H2. The van der Waals surface area contributed by atoms with Crippen LogP contribution in [0.2, 0.25) is 0 Å². The molecule has 0 heterocycles. The summed E-state index contributed by atoms with van der Waals surface area (Å²) in [5.41, 5.74) is 0.341. The SMILES string of the molecule is BrCC1(COc2ccccc2Br)CCCCC1. The lowest BCUT2D eigenvalue weighted by Crippen LogP contribution is -2.32. The molecule has 94 valence electrons. The van der Waals surface area contributed by atoms with Crippen molar-refractivity contribution in [1.82, 2.24) is 0 Å². The first kappa shape index (κ1) is 13.4. The van der Waals surface area contributed by atoms with Gasteiger partial charge in [0, 0.05) is 10.7 Å². The van der Waals surface area contributed by atoms with Crippen molar-refractivity contribution in [2.45, 2.75) is 32.1 Å². The normalized spacial score (nSPS) is 18.9. The minimum Gasteiger partial charge on any atom is -0.492 e. The molecule has 0 unspecified atom stereocenters. The van der Waals surface area contributed by atoms with Gasteiger partial charge in [-0.25, -0.2) is 0 Å². The molecular weight excluding hydrogens is 344 g/mol. The van der Waals surface area contributed by atoms with Crippen LogP contribution >= 0.6 is 31.9 Å². The number of ether oxygens (including phenoxy) is 1. The molecule has 0 N–H and O–H groups in total. The molecule has 0 radical (unpaired) electrons. The van der Waals surface area contributed by atoms with Crippen LogP contribution in [-0.2, 0) is 0 Å². The van der Waals surface area contributed by atoms with E-state index in [4.69, 9.17) is 4.74 Å². The lowest BCUT2D eigenvalue weighted by molar-refractivity contribution is 0.121. The Balaban J connectivity index is 1.98. The van der Waals surface area contributed by atoms with Gasteiger partial charge in [-0.1, -0.05) is 47.3 Å². The Morgan fingerprint density at radius 3 is 2.47 bits per heavy atom. The maximum absolute atomic E-state index is 5.99. The van der Waals surface area contributed by atoms with Gasteiger partial charge in [0.15, 0.2) is 0 Å². The van der Waals surface area contributed by atoms with E-state index >= 15 is 0 Å². The van der Waals surface area contributed by atoms with Gasteiger partial charge in [-0.3, -0.25) is 0 Å². The van der Waals surface area contributed by atoms with E-state index in [1.807, 2.05) is 24.3 Å². The quantitative estimate of drug-likeness (QED) is 0.672. The molecule has 2 rings (SSSR count). The lowest BCUT2D eigenvalue weighted by Gasteiger charge is -2.35. The van der Waals surface area contributed by atoms with Gasteiger partial charge in [0.05, 0.1) is 11.1 Å². The summed E-state index contributed by atoms with van der Waals surface area (Å²) < 4.78 is 7.04. The van der Waals surface area contributed by atoms with Crippen molar-refractivity contribution < 1.29 is 4.74 Å². The van der Waals surface area contributed by atoms with E-state index in [2.05, 4.69) is 31.9 Å². The maximum atomic E-state index is 5.99. The monoisotopic (exact) mass is 360 g/mol. The third kappa shape index (κ3) is 3.47. The van der Waals surface area contributed by atoms with Crippen molar-refractivity contribution in [3.05, 3.63) is 28.7 Å². The van der Waals surface area contributed by atoms with Gasteiger partial charge in [0.1, 0.15) is 5.75 Å². The minimum absolute atomic E-state index is 0.341. The lowest BCUT2D eigenvalue weighted by atomic mass is 9.76. The van der Waals surface area contributed by atoms with Crippen LogP contribution in [0.5, 0.6) is 5.75 Å². The highest BCUT2D eigenvalue weighted by molar-refractivity contribution is 9.10. The van der Waals surface area contributed by atoms with Crippen molar-refractivity contribution in [3.63, 3.8) is 0 Å². The van der Waals surface area contributed by atoms with E-state index in [0.717, 1.165) is 22.2 Å². The minimum atomic E-state index is 0.341. The Bertz CT molecular complexity index is 359. The highest BCUT2D eigenvalue weighted by Crippen LogP contribution is 2.39. The van der Waals surface area contributed by atoms with Crippen LogP contribution in [0.3, 0.4) is 0 Å². The molecule has 1 aromatic carbocycles. The van der Waals surface area contributed by atoms with Gasteiger partial charge in [-0.05, 0) is 40.9 Å². The fourth-order valence-corrected chi connectivity index (χ4v) is 3.53. The van der Waals surface area contributed by atoms with Gasteiger partial charge < -0.3 is 4.74 Å². The van der Waals surface area contributed by atoms with Gasteiger partial charge in [0.2, 0.25) is 0 Å². The van der Waals surface area contributed by atoms with Crippen LogP contribution in [0, 0.1) is 5.41 Å². The fraction of sp³-hybridized carbons (Fsp3) is 0.571. The zero-order chi connectivity index (χ0) is 12.1. The van der Waals surface area contributed by atoms with Gasteiger partial charge in [0.25, 0.3) is 0 Å². The smallest absolute Gasteiger partial charge is 0.133 e. The first-order chi connectivity index (χ1) is 8.26. The molecule has 1 aliphatic carbocycles. The molecule has 3 heteroatoms. The van der Waals surface area contributed by atoms with Gasteiger partial charge in [-0.15, -0.1) is 0 Å². The molecule has 1 aromatic rings. The summed E-state index contributed by atoms with van der Waals surface area (Å²) in [7, 11) is 0. The third-order valence-corrected chi connectivity index (χ3v) is 5.41. The summed E-state index contributed by atoms with van der Waals surface area (Å²) in [6.45, 7) is 0.820. The molecule has 17 heavy (non-hydrogen) atoms. The number of hydrogen-bond donors (Lipinski definition) is 0. The summed E-state index contributed by atoms with van der Waals surface area (Å²) in [6, 6.07) is 8.07. The summed E-state index contributed by atoms with van der Waals surface area (Å²) in [4.78, 5) is 0. The van der Waals surface area contributed by atoms with Crippen LogP contribution in [0.15, 0.2) is 28.7 Å². The predicted octanol–water partition coefficient (Wildman–Crippen LogP) is 5.17. The molecule has 0 aromatic heterocycles. The number of rotatable bonds is 4. The second-order valence-electron chi connectivity index (χ2n) is 4.91. The van der Waals surface area contributed by atoms with Crippen LogP contribution in [0.25, 0.3) is 0 Å². The molecule has 0 atom stereocenters. The van der Waals surface area contributed by atoms with Gasteiger partial charge in [-0.2, -0.15) is 0 Å². The molecule has 1 fully saturated rings. The largest absolute Gasteiger partial charge is 0.492 e. The van der Waals surface area contributed by atoms with Crippen molar-refractivity contribution in [2.24, 2.45) is 5.41 Å². The van der Waals surface area contributed by atoms with Crippen LogP contribution in [0.1, 0.15) is 32.1 Å². The fourth-order valence-electron chi connectivity index (χ4n) is 2.41. The number of halogens is 2. The Morgan fingerprint density at radius 1 is 1.12 bits per heavy atom. The molecule has 0 aliphatic heterocycles. The highest BCUT2D eigenvalue weighted by Gasteiger charge is 2.31. The van der Waals surface area contributed by atoms with Gasteiger partial charge >= 0.3 is 0 Å². The summed E-state index contributed by atoms with van der Waals surface area (Å²) >= 11 is 7.19. The van der Waals surface area contributed by atoms with Crippen molar-refractivity contribution in [2.75, 3.05) is 11.9 Å². The van der Waals surface area contributed by atoms with Crippen LogP contribution in [0.4, 0.5) is 0 Å². The van der Waals surface area contributed by atoms with E-state index in [-0.39, 0.29) is 0 Å². The van der Waals surface area contributed by atoms with E-state index in [0.29, 0.717) is 5.41 Å². The highest BCUT2D eigenvalue weighted by atomic mass is 79.9. The molecule has 0 spiro atoms. The second kappa shape index (κ2) is 6.24. The zero-order valence-corrected chi connectivity index (χ0v) is 13.1. The van der Waals surface area contributed by atoms with E-state index < -0.39 is 0 Å². The summed E-state index contributed by atoms with van der Waals surface area (Å²) in [5, 5.41) is 1.05. The van der Waals surface area contributed by atoms with Crippen LogP contribution < -0.4 is 4.74 Å². The number of hydrogen-bond acceptors (Lipinski definition) is 1. The molecule has 0 amide bonds. The molecular formula is C14H18Br2O. The van der Waals surface area contributed by atoms with Crippen molar-refractivity contribution in [1.29, 1.82) is 0 Å². The molecule has 1 saturated carbocycles. The van der Waals surface area contributed by atoms with Crippen molar-refractivity contribution in [3.8, 4) is 5.75 Å². The molecule has 0 saturated heterocycles. The summed E-state index contributed by atoms with van der Waals surface area (Å²) in [6.07, 6.45) is 6.62. The van der Waals surface area contributed by atoms with E-state index in [9.17, 15) is 0 Å². The maximum Gasteiger partial charge on any atom is 0.133 e. The second-order valence-corrected chi connectivity index (χ2v) is 6.33. The Morgan fingerprint density at radius 2 is 1.82 bits per heavy atom. The number of para-hydroxylation sites is 1. The Hall–Kier alpha value is -0.0200. The molecule has 1 aliphatic rings. The number of benzene rings is 1. The molecule has 0 bridgehead atoms. The first-order valence-electron chi connectivity index (χ1n) is 6.19. The number of alkyl halides is 1. The average Bonchev–Trinajstić information content (AvgIpc) is 2.39. The van der Waals surface area contributed by atoms with E-state index in [1.54, 1.807) is 0 Å². The van der Waals surface area contributed by atoms with Crippen LogP contribution in [-0.4, -0.2) is 11.9 Å². The van der Waals surface area contributed by atoms with Crippen molar-refractivity contribution >= 4 is 31.9 Å². The van der Waals surface area contributed by atoms with E-state index in [1.165, 1.54) is 32.1 Å². The first-order valence-corrected chi connectivity index (χ1v) is 8.11. The predicted molar refractivity (Wildman–Crippen MR) is 78.9 cm³/mol. The Labute approximate surface area is 120 Å².